The van der Waals surface area contributed by atoms with Gasteiger partial charge in [-0.05, 0) is 57.1 Å². The van der Waals surface area contributed by atoms with Crippen LogP contribution in [0.3, 0.4) is 0 Å². The SMILES string of the molecule is CC#Cc1ccccn1.CC1CN(C)Cc2nc3cc(Br)ccc3c(=O)n21. The van der Waals surface area contributed by atoms with Gasteiger partial charge in [0.15, 0.2) is 0 Å². The summed E-state index contributed by atoms with van der Waals surface area (Å²) < 4.78 is 2.78. The van der Waals surface area contributed by atoms with E-state index in [0.29, 0.717) is 5.39 Å². The van der Waals surface area contributed by atoms with Gasteiger partial charge in [-0.15, -0.1) is 0 Å². The molecule has 0 spiro atoms. The van der Waals surface area contributed by atoms with Crippen molar-refractivity contribution in [3.8, 4) is 11.8 Å². The maximum absolute atomic E-state index is 12.5. The van der Waals surface area contributed by atoms with Crippen molar-refractivity contribution >= 4 is 26.8 Å². The summed E-state index contributed by atoms with van der Waals surface area (Å²) in [4.78, 5) is 23.3. The molecule has 1 aromatic carbocycles. The normalized spacial score (nSPS) is 15.9. The van der Waals surface area contributed by atoms with E-state index in [1.807, 2.05) is 41.0 Å². The fourth-order valence-corrected chi connectivity index (χ4v) is 3.54. The predicted octanol–water partition coefficient (Wildman–Crippen LogP) is 3.62. The van der Waals surface area contributed by atoms with Crippen LogP contribution in [0.25, 0.3) is 10.9 Å². The van der Waals surface area contributed by atoms with Crippen molar-refractivity contribution in [2.24, 2.45) is 0 Å². The molecule has 0 bridgehead atoms. The zero-order chi connectivity index (χ0) is 19.4. The summed E-state index contributed by atoms with van der Waals surface area (Å²) in [6.07, 6.45) is 1.74. The van der Waals surface area contributed by atoms with E-state index in [9.17, 15) is 4.79 Å². The summed E-state index contributed by atoms with van der Waals surface area (Å²) >= 11 is 3.42. The quantitative estimate of drug-likeness (QED) is 0.517. The van der Waals surface area contributed by atoms with Crippen LogP contribution in [0.4, 0.5) is 0 Å². The summed E-state index contributed by atoms with van der Waals surface area (Å²) in [6.45, 7) is 5.47. The van der Waals surface area contributed by atoms with Crippen LogP contribution < -0.4 is 5.56 Å². The summed E-state index contributed by atoms with van der Waals surface area (Å²) in [5.41, 5.74) is 1.67. The number of nitrogens with zero attached hydrogens (tertiary/aromatic N) is 4. The molecule has 0 radical (unpaired) electrons. The lowest BCUT2D eigenvalue weighted by atomic mass is 10.2. The van der Waals surface area contributed by atoms with Crippen LogP contribution in [0, 0.1) is 11.8 Å². The second kappa shape index (κ2) is 8.47. The molecule has 0 amide bonds. The molecule has 4 rings (SSSR count). The smallest absolute Gasteiger partial charge is 0.261 e. The third-order valence-electron chi connectivity index (χ3n) is 4.28. The van der Waals surface area contributed by atoms with E-state index in [1.165, 1.54) is 0 Å². The third kappa shape index (κ3) is 4.44. The molecule has 5 nitrogen and oxygen atoms in total. The van der Waals surface area contributed by atoms with Crippen LogP contribution in [0.5, 0.6) is 0 Å². The van der Waals surface area contributed by atoms with E-state index in [1.54, 1.807) is 13.1 Å². The molecule has 27 heavy (non-hydrogen) atoms. The predicted molar refractivity (Wildman–Crippen MR) is 112 cm³/mol. The highest BCUT2D eigenvalue weighted by Crippen LogP contribution is 2.21. The van der Waals surface area contributed by atoms with Crippen LogP contribution in [0.1, 0.15) is 31.4 Å². The molecular formula is C21H21BrN4O. The first-order valence-corrected chi connectivity index (χ1v) is 9.52. The van der Waals surface area contributed by atoms with Gasteiger partial charge in [0.25, 0.3) is 5.56 Å². The van der Waals surface area contributed by atoms with E-state index in [4.69, 9.17) is 0 Å². The van der Waals surface area contributed by atoms with Crippen molar-refractivity contribution in [3.63, 3.8) is 0 Å². The molecular weight excluding hydrogens is 404 g/mol. The monoisotopic (exact) mass is 424 g/mol. The zero-order valence-corrected chi connectivity index (χ0v) is 17.2. The number of hydrogen-bond donors (Lipinski definition) is 0. The lowest BCUT2D eigenvalue weighted by molar-refractivity contribution is 0.222. The topological polar surface area (TPSA) is 51.0 Å². The Labute approximate surface area is 167 Å². The van der Waals surface area contributed by atoms with E-state index in [2.05, 4.69) is 56.6 Å². The molecule has 6 heteroatoms. The summed E-state index contributed by atoms with van der Waals surface area (Å²) in [6, 6.07) is 11.5. The molecule has 1 aliphatic heterocycles. The largest absolute Gasteiger partial charge is 0.297 e. The van der Waals surface area contributed by atoms with Crippen molar-refractivity contribution in [1.82, 2.24) is 19.4 Å². The Morgan fingerprint density at radius 1 is 1.26 bits per heavy atom. The molecule has 0 saturated heterocycles. The fraction of sp³-hybridized carbons (Fsp3) is 0.286. The van der Waals surface area contributed by atoms with E-state index in [-0.39, 0.29) is 11.6 Å². The minimum Gasteiger partial charge on any atom is -0.297 e. The number of pyridine rings is 1. The van der Waals surface area contributed by atoms with E-state index < -0.39 is 0 Å². The number of fused-ring (bicyclic) bond motifs is 2. The van der Waals surface area contributed by atoms with Gasteiger partial charge in [0.1, 0.15) is 11.5 Å². The zero-order valence-electron chi connectivity index (χ0n) is 15.6. The van der Waals surface area contributed by atoms with Crippen LogP contribution in [0.2, 0.25) is 0 Å². The molecule has 1 aliphatic rings. The van der Waals surface area contributed by atoms with E-state index >= 15 is 0 Å². The first kappa shape index (κ1) is 19.3. The standard InChI is InChI=1S/C13H14BrN3O.C8H7N/c1-8-6-16(2)7-12-15-11-5-9(14)3-4-10(11)13(18)17(8)12;1-2-5-8-6-3-4-7-9-8/h3-5,8H,6-7H2,1-2H3;3-4,6-7H,1H3. The summed E-state index contributed by atoms with van der Waals surface area (Å²) in [5, 5.41) is 0.693. The van der Waals surface area contributed by atoms with Gasteiger partial charge >= 0.3 is 0 Å². The molecule has 1 unspecified atom stereocenters. The average Bonchev–Trinajstić information content (AvgIpc) is 2.62. The Hall–Kier alpha value is -2.49. The van der Waals surface area contributed by atoms with Gasteiger partial charge in [-0.2, -0.15) is 0 Å². The highest BCUT2D eigenvalue weighted by Gasteiger charge is 2.22. The number of rotatable bonds is 0. The molecule has 2 aromatic heterocycles. The van der Waals surface area contributed by atoms with Crippen molar-refractivity contribution in [2.75, 3.05) is 13.6 Å². The number of aromatic nitrogens is 3. The van der Waals surface area contributed by atoms with Crippen LogP contribution in [-0.4, -0.2) is 33.0 Å². The third-order valence-corrected chi connectivity index (χ3v) is 4.78. The lowest BCUT2D eigenvalue weighted by Gasteiger charge is -2.31. The van der Waals surface area contributed by atoms with Gasteiger partial charge in [-0.1, -0.05) is 27.9 Å². The first-order valence-electron chi connectivity index (χ1n) is 8.72. The summed E-state index contributed by atoms with van der Waals surface area (Å²) in [5.74, 6) is 6.47. The Morgan fingerprint density at radius 3 is 2.78 bits per heavy atom. The average molecular weight is 425 g/mol. The van der Waals surface area contributed by atoms with Crippen LogP contribution in [-0.2, 0) is 6.54 Å². The number of likely N-dealkylation sites (N-methyl/N-ethyl adjacent to an activating group) is 1. The molecule has 3 heterocycles. The van der Waals surface area contributed by atoms with Crippen LogP contribution >= 0.6 is 15.9 Å². The van der Waals surface area contributed by atoms with Gasteiger partial charge in [0.2, 0.25) is 0 Å². The van der Waals surface area contributed by atoms with Gasteiger partial charge in [-0.3, -0.25) is 14.3 Å². The number of halogens is 1. The minimum absolute atomic E-state index is 0.0723. The Morgan fingerprint density at radius 2 is 2.07 bits per heavy atom. The Balaban J connectivity index is 0.000000197. The molecule has 0 N–H and O–H groups in total. The van der Waals surface area contributed by atoms with Crippen molar-refractivity contribution < 1.29 is 0 Å². The van der Waals surface area contributed by atoms with Gasteiger partial charge < -0.3 is 0 Å². The molecule has 0 fully saturated rings. The van der Waals surface area contributed by atoms with Gasteiger partial charge in [-0.25, -0.2) is 9.97 Å². The summed E-state index contributed by atoms with van der Waals surface area (Å²) in [7, 11) is 2.05. The number of hydrogen-bond acceptors (Lipinski definition) is 4. The van der Waals surface area contributed by atoms with Gasteiger partial charge in [0.05, 0.1) is 17.4 Å². The van der Waals surface area contributed by atoms with Crippen LogP contribution in [0.15, 0.2) is 51.9 Å². The van der Waals surface area contributed by atoms with E-state index in [0.717, 1.165) is 34.6 Å². The minimum atomic E-state index is 0.0723. The van der Waals surface area contributed by atoms with Crippen molar-refractivity contribution in [3.05, 3.63) is 68.9 Å². The molecule has 0 saturated carbocycles. The first-order chi connectivity index (χ1) is 13.0. The highest BCUT2D eigenvalue weighted by atomic mass is 79.9. The molecule has 138 valence electrons. The van der Waals surface area contributed by atoms with Crippen molar-refractivity contribution in [1.29, 1.82) is 0 Å². The molecule has 1 atom stereocenters. The van der Waals surface area contributed by atoms with Crippen molar-refractivity contribution in [2.45, 2.75) is 26.4 Å². The lowest BCUT2D eigenvalue weighted by Crippen LogP contribution is -2.40. The Kier molecular flexibility index (Phi) is 6.04. The van der Waals surface area contributed by atoms with Gasteiger partial charge in [0, 0.05) is 23.3 Å². The molecule has 3 aromatic rings. The maximum atomic E-state index is 12.5. The second-order valence-corrected chi connectivity index (χ2v) is 7.42. The second-order valence-electron chi connectivity index (χ2n) is 6.50. The maximum Gasteiger partial charge on any atom is 0.261 e. The fourth-order valence-electron chi connectivity index (χ4n) is 3.19. The number of benzene rings is 1. The highest BCUT2D eigenvalue weighted by molar-refractivity contribution is 9.10. The molecule has 0 aliphatic carbocycles. The Bertz CT molecular complexity index is 1070.